The van der Waals surface area contributed by atoms with Crippen LogP contribution in [0.2, 0.25) is 13.1 Å². The summed E-state index contributed by atoms with van der Waals surface area (Å²) in [5.74, 6) is 0. The molecule has 0 fully saturated rings. The summed E-state index contributed by atoms with van der Waals surface area (Å²) in [6.45, 7) is 7.12. The zero-order valence-corrected chi connectivity index (χ0v) is 9.21. The third-order valence-corrected chi connectivity index (χ3v) is 5.79. The topological polar surface area (TPSA) is 26.3 Å². The molecule has 0 unspecified atom stereocenters. The third-order valence-electron chi connectivity index (χ3n) is 0.833. The lowest BCUT2D eigenvalue weighted by Crippen LogP contribution is -2.24. The third kappa shape index (κ3) is 5.51. The van der Waals surface area contributed by atoms with Gasteiger partial charge in [-0.2, -0.15) is 0 Å². The number of hydrogen-bond acceptors (Lipinski definition) is 2. The molecule has 0 spiro atoms. The largest absolute Gasteiger partial charge is 0.370 e. The zero-order valence-electron chi connectivity index (χ0n) is 5.80. The van der Waals surface area contributed by atoms with Crippen LogP contribution < -0.4 is 0 Å². The summed E-state index contributed by atoms with van der Waals surface area (Å²) in [5.41, 5.74) is 1.62. The maximum absolute atomic E-state index is 10.7. The highest BCUT2D eigenvalue weighted by Gasteiger charge is 2.27. The molecule has 0 aliphatic rings. The van der Waals surface area contributed by atoms with Crippen LogP contribution in [0.15, 0.2) is 12.3 Å². The van der Waals surface area contributed by atoms with Gasteiger partial charge in [-0.05, 0) is 35.6 Å². The molecule has 0 bridgehead atoms. The molecule has 0 aromatic heterocycles. The Bertz CT molecular complexity index is 176. The van der Waals surface area contributed by atoms with Gasteiger partial charge in [0.1, 0.15) is 0 Å². The normalized spacial score (nSPS) is 13.2. The molecular formula is C4H9Cl2O2PSi. The van der Waals surface area contributed by atoms with E-state index in [1.54, 1.807) is 18.8 Å². The fourth-order valence-electron chi connectivity index (χ4n) is 0.311. The van der Waals surface area contributed by atoms with Crippen molar-refractivity contribution in [2.24, 2.45) is 0 Å². The first kappa shape index (κ1) is 10.7. The van der Waals surface area contributed by atoms with Crippen LogP contribution in [-0.4, -0.2) is 8.32 Å². The molecule has 2 nitrogen and oxygen atoms in total. The molecule has 0 aliphatic carbocycles. The molecule has 0 saturated carbocycles. The predicted molar refractivity (Wildman–Crippen MR) is 48.1 cm³/mol. The smallest absolute Gasteiger partial charge is 0.344 e. The van der Waals surface area contributed by atoms with Crippen molar-refractivity contribution in [3.8, 4) is 0 Å². The molecule has 6 heteroatoms. The molecule has 0 amide bonds. The number of halogens is 2. The van der Waals surface area contributed by atoms with Crippen molar-refractivity contribution in [1.29, 1.82) is 0 Å². The lowest BCUT2D eigenvalue weighted by Gasteiger charge is -2.17. The van der Waals surface area contributed by atoms with E-state index in [1.807, 2.05) is 0 Å². The van der Waals surface area contributed by atoms with Crippen LogP contribution >= 0.6 is 28.6 Å². The Balaban J connectivity index is 4.15. The second-order valence-corrected chi connectivity index (χ2v) is 10.7. The summed E-state index contributed by atoms with van der Waals surface area (Å²) >= 11 is 10.4. The van der Waals surface area contributed by atoms with Crippen molar-refractivity contribution >= 4 is 36.9 Å². The number of rotatable bonds is 3. The van der Waals surface area contributed by atoms with Crippen molar-refractivity contribution in [3.05, 3.63) is 12.3 Å². The molecule has 0 aliphatic heterocycles. The molecule has 0 heterocycles. The molecule has 0 saturated heterocycles. The van der Waals surface area contributed by atoms with E-state index >= 15 is 0 Å². The average molecular weight is 219 g/mol. The Labute approximate surface area is 71.3 Å². The van der Waals surface area contributed by atoms with E-state index in [-0.39, 0.29) is 0 Å². The van der Waals surface area contributed by atoms with Crippen molar-refractivity contribution in [2.75, 3.05) is 0 Å². The van der Waals surface area contributed by atoms with Crippen LogP contribution in [0.1, 0.15) is 0 Å². The van der Waals surface area contributed by atoms with E-state index in [0.717, 1.165) is 0 Å². The van der Waals surface area contributed by atoms with Crippen LogP contribution in [-0.2, 0) is 8.78 Å². The Hall–Kier alpha value is 0.727. The predicted octanol–water partition coefficient (Wildman–Crippen LogP) is 3.52. The van der Waals surface area contributed by atoms with Crippen molar-refractivity contribution < 1.29 is 8.78 Å². The highest BCUT2D eigenvalue weighted by molar-refractivity contribution is 8.05. The summed E-state index contributed by atoms with van der Waals surface area (Å²) in [6, 6.07) is 0. The Morgan fingerprint density at radius 3 is 2.10 bits per heavy atom. The average Bonchev–Trinajstić information content (AvgIpc) is 1.60. The zero-order chi connectivity index (χ0) is 8.41. The van der Waals surface area contributed by atoms with E-state index in [2.05, 4.69) is 6.58 Å². The fourth-order valence-corrected chi connectivity index (χ4v) is 6.00. The highest BCUT2D eigenvalue weighted by Crippen LogP contribution is 2.59. The fraction of sp³-hybridized carbons (Fsp3) is 0.500. The highest BCUT2D eigenvalue weighted by atomic mass is 35.9. The minimum atomic E-state index is -3.37. The first-order valence-corrected chi connectivity index (χ1v) is 9.02. The molecule has 0 aromatic carbocycles. The summed E-state index contributed by atoms with van der Waals surface area (Å²) in [7, 11) is -2.08. The summed E-state index contributed by atoms with van der Waals surface area (Å²) < 4.78 is 15.6. The maximum Gasteiger partial charge on any atom is 0.370 e. The van der Waals surface area contributed by atoms with Crippen molar-refractivity contribution in [1.82, 2.24) is 0 Å². The van der Waals surface area contributed by atoms with Crippen LogP contribution in [0.3, 0.4) is 0 Å². The van der Waals surface area contributed by atoms with Gasteiger partial charge >= 0.3 is 6.07 Å². The molecule has 60 valence electrons. The molecule has 0 N–H and O–H groups in total. The number of hydrogen-bond donors (Lipinski definition) is 0. The Morgan fingerprint density at radius 2 is 2.00 bits per heavy atom. The van der Waals surface area contributed by atoms with Crippen molar-refractivity contribution in [2.45, 2.75) is 13.1 Å². The monoisotopic (exact) mass is 218 g/mol. The van der Waals surface area contributed by atoms with E-state index in [0.29, 0.717) is 0 Å². The van der Waals surface area contributed by atoms with Gasteiger partial charge in [0.05, 0.1) is 0 Å². The summed E-state index contributed by atoms with van der Waals surface area (Å²) in [6.07, 6.45) is -3.37. The van der Waals surface area contributed by atoms with E-state index in [1.165, 1.54) is 0 Å². The van der Waals surface area contributed by atoms with Gasteiger partial charge in [0.15, 0.2) is 0 Å². The van der Waals surface area contributed by atoms with E-state index in [9.17, 15) is 4.57 Å². The second-order valence-electron chi connectivity index (χ2n) is 2.31. The SMILES string of the molecule is C=C[Si](C)(C)OP(=O)(Cl)Cl. The molecule has 10 heavy (non-hydrogen) atoms. The lowest BCUT2D eigenvalue weighted by atomic mass is 11.3. The minimum absolute atomic E-state index is 1.62. The maximum atomic E-state index is 10.7. The van der Waals surface area contributed by atoms with E-state index in [4.69, 9.17) is 26.7 Å². The van der Waals surface area contributed by atoms with E-state index < -0.39 is 14.4 Å². The van der Waals surface area contributed by atoms with Gasteiger partial charge in [-0.15, -0.1) is 6.58 Å². The molecule has 0 rings (SSSR count). The molecule has 0 aromatic rings. The van der Waals surface area contributed by atoms with Crippen LogP contribution in [0.4, 0.5) is 0 Å². The van der Waals surface area contributed by atoms with Crippen LogP contribution in [0, 0.1) is 0 Å². The lowest BCUT2D eigenvalue weighted by molar-refractivity contribution is 0.515. The van der Waals surface area contributed by atoms with Gasteiger partial charge in [-0.1, -0.05) is 5.70 Å². The minimum Gasteiger partial charge on any atom is -0.344 e. The molecular weight excluding hydrogens is 210 g/mol. The van der Waals surface area contributed by atoms with Crippen LogP contribution in [0.25, 0.3) is 0 Å². The summed E-state index contributed by atoms with van der Waals surface area (Å²) in [5, 5.41) is 0. The van der Waals surface area contributed by atoms with Gasteiger partial charge in [0.2, 0.25) is 8.32 Å². The quantitative estimate of drug-likeness (QED) is 0.536. The second kappa shape index (κ2) is 3.42. The van der Waals surface area contributed by atoms with Crippen LogP contribution in [0.5, 0.6) is 0 Å². The standard InChI is InChI=1S/C4H9Cl2O2PSi/c1-4-10(2,3)8-9(5,6)7/h4H,1H2,2-3H3. The van der Waals surface area contributed by atoms with Gasteiger partial charge in [0, 0.05) is 0 Å². The Kier molecular flexibility index (Phi) is 3.66. The summed E-state index contributed by atoms with van der Waals surface area (Å²) in [4.78, 5) is 0. The first-order chi connectivity index (χ1) is 4.27. The van der Waals surface area contributed by atoms with Gasteiger partial charge in [-0.3, -0.25) is 4.57 Å². The van der Waals surface area contributed by atoms with Gasteiger partial charge in [-0.25, -0.2) is 0 Å². The molecule has 0 radical (unpaired) electrons. The van der Waals surface area contributed by atoms with Gasteiger partial charge in [0.25, 0.3) is 0 Å². The molecule has 0 atom stereocenters. The van der Waals surface area contributed by atoms with Crippen molar-refractivity contribution in [3.63, 3.8) is 0 Å². The van der Waals surface area contributed by atoms with Gasteiger partial charge < -0.3 is 4.21 Å². The first-order valence-electron chi connectivity index (χ1n) is 2.60. The Morgan fingerprint density at radius 1 is 1.60 bits per heavy atom.